The van der Waals surface area contributed by atoms with Gasteiger partial charge < -0.3 is 4.74 Å². The molecule has 0 radical (unpaired) electrons. The molecule has 264 valence electrons. The van der Waals surface area contributed by atoms with E-state index in [-0.39, 0.29) is 5.97 Å². The predicted molar refractivity (Wildman–Crippen MR) is 198 cm³/mol. The van der Waals surface area contributed by atoms with Gasteiger partial charge in [0.1, 0.15) is 0 Å². The molecule has 0 fully saturated rings. The molecule has 0 aromatic carbocycles. The van der Waals surface area contributed by atoms with Crippen LogP contribution in [0, 0.1) is 0 Å². The smallest absolute Gasteiger partial charge is 0.305 e. The van der Waals surface area contributed by atoms with Gasteiger partial charge in [0.05, 0.1) is 6.61 Å². The lowest BCUT2D eigenvalue weighted by atomic mass is 10.0. The highest BCUT2D eigenvalue weighted by molar-refractivity contribution is 5.69. The molecule has 0 amide bonds. The van der Waals surface area contributed by atoms with Crippen molar-refractivity contribution < 1.29 is 9.53 Å². The molecule has 0 aromatic heterocycles. The van der Waals surface area contributed by atoms with E-state index >= 15 is 0 Å². The van der Waals surface area contributed by atoms with Crippen molar-refractivity contribution in [3.63, 3.8) is 0 Å². The van der Waals surface area contributed by atoms with Crippen molar-refractivity contribution in [3.8, 4) is 0 Å². The number of unbranched alkanes of at least 4 members (excludes halogenated alkanes) is 35. The molecule has 2 nitrogen and oxygen atoms in total. The minimum atomic E-state index is 0.0298. The van der Waals surface area contributed by atoms with Gasteiger partial charge in [0, 0.05) is 6.42 Å². The fourth-order valence-electron chi connectivity index (χ4n) is 6.61. The zero-order valence-electron chi connectivity index (χ0n) is 30.9. The second kappa shape index (κ2) is 40.5. The summed E-state index contributed by atoms with van der Waals surface area (Å²) < 4.78 is 5.45. The summed E-state index contributed by atoms with van der Waals surface area (Å²) in [5.74, 6) is 0.0298. The average molecular weight is 621 g/mol. The van der Waals surface area contributed by atoms with Crippen LogP contribution >= 0.6 is 0 Å². The zero-order valence-corrected chi connectivity index (χ0v) is 30.9. The molecule has 0 unspecified atom stereocenters. The van der Waals surface area contributed by atoms with Crippen LogP contribution in [0.3, 0.4) is 0 Å². The molecule has 0 aliphatic heterocycles. The Bertz CT molecular complexity index is 516. The molecule has 0 heterocycles. The van der Waals surface area contributed by atoms with Crippen molar-refractivity contribution in [2.75, 3.05) is 6.61 Å². The number of carbonyl (C=O) groups is 1. The third-order valence-electron chi connectivity index (χ3n) is 9.75. The Kier molecular flexibility index (Phi) is 40.0. The summed E-state index contributed by atoms with van der Waals surface area (Å²) in [6.07, 6.45) is 52.0. The number of ether oxygens (including phenoxy) is 1. The van der Waals surface area contributed by atoms with Crippen LogP contribution in [-0.4, -0.2) is 12.6 Å². The number of rotatable bonds is 39. The summed E-state index contributed by atoms with van der Waals surface area (Å²) in [6.45, 7) is 5.22. The molecule has 0 atom stereocenters. The van der Waals surface area contributed by atoms with Crippen molar-refractivity contribution in [3.05, 3.63) is 0 Å². The lowest BCUT2D eigenvalue weighted by molar-refractivity contribution is -0.143. The van der Waals surface area contributed by atoms with Crippen molar-refractivity contribution in [2.45, 2.75) is 258 Å². The van der Waals surface area contributed by atoms with E-state index in [1.807, 2.05) is 0 Å². The van der Waals surface area contributed by atoms with Crippen LogP contribution in [0.4, 0.5) is 0 Å². The maximum Gasteiger partial charge on any atom is 0.305 e. The van der Waals surface area contributed by atoms with Crippen molar-refractivity contribution in [1.82, 2.24) is 0 Å². The SMILES string of the molecule is CCCCCCCCCCCCCCCCCCCCCCCCCCCC(=O)OCCCCCCCCCCCCCC. The van der Waals surface area contributed by atoms with Gasteiger partial charge in [-0.05, 0) is 12.8 Å². The zero-order chi connectivity index (χ0) is 31.9. The van der Waals surface area contributed by atoms with E-state index in [1.165, 1.54) is 225 Å². The van der Waals surface area contributed by atoms with Gasteiger partial charge in [0.25, 0.3) is 0 Å². The molecular weight excluding hydrogens is 536 g/mol. The summed E-state index contributed by atoms with van der Waals surface area (Å²) in [5.41, 5.74) is 0. The van der Waals surface area contributed by atoms with E-state index in [9.17, 15) is 4.79 Å². The van der Waals surface area contributed by atoms with Crippen LogP contribution in [0.15, 0.2) is 0 Å². The van der Waals surface area contributed by atoms with E-state index in [0.717, 1.165) is 12.8 Å². The Morgan fingerprint density at radius 2 is 0.500 bits per heavy atom. The minimum absolute atomic E-state index is 0.0298. The second-order valence-corrected chi connectivity index (χ2v) is 14.3. The van der Waals surface area contributed by atoms with E-state index in [4.69, 9.17) is 4.74 Å². The van der Waals surface area contributed by atoms with Crippen LogP contribution in [-0.2, 0) is 9.53 Å². The standard InChI is InChI=1S/C42H84O2/c1-3-5-7-9-11-13-15-17-18-19-20-21-22-23-24-25-26-27-28-29-30-32-34-36-38-40-42(43)44-41-39-37-35-33-31-16-14-12-10-8-6-4-2/h3-41H2,1-2H3. The van der Waals surface area contributed by atoms with Gasteiger partial charge >= 0.3 is 5.97 Å². The van der Waals surface area contributed by atoms with Crippen molar-refractivity contribution in [1.29, 1.82) is 0 Å². The maximum absolute atomic E-state index is 12.0. The third-order valence-corrected chi connectivity index (χ3v) is 9.75. The Morgan fingerprint density at radius 3 is 0.750 bits per heavy atom. The molecule has 0 spiro atoms. The molecule has 0 rings (SSSR count). The number of carbonyl (C=O) groups excluding carboxylic acids is 1. The first-order chi connectivity index (χ1) is 21.8. The molecule has 0 aliphatic rings. The highest BCUT2D eigenvalue weighted by Gasteiger charge is 2.03. The average Bonchev–Trinajstić information content (AvgIpc) is 3.03. The Balaban J connectivity index is 3.13. The molecule has 0 N–H and O–H groups in total. The molecule has 0 saturated heterocycles. The van der Waals surface area contributed by atoms with Crippen LogP contribution in [0.1, 0.15) is 258 Å². The highest BCUT2D eigenvalue weighted by Crippen LogP contribution is 2.16. The lowest BCUT2D eigenvalue weighted by Gasteiger charge is -2.06. The van der Waals surface area contributed by atoms with Gasteiger partial charge in [-0.1, -0.05) is 239 Å². The topological polar surface area (TPSA) is 26.3 Å². The predicted octanol–water partition coefficient (Wildman–Crippen LogP) is 15.4. The van der Waals surface area contributed by atoms with E-state index in [2.05, 4.69) is 13.8 Å². The van der Waals surface area contributed by atoms with Gasteiger partial charge in [-0.2, -0.15) is 0 Å². The first-order valence-electron chi connectivity index (χ1n) is 21.0. The quantitative estimate of drug-likeness (QED) is 0.0505. The molecule has 2 heteroatoms. The van der Waals surface area contributed by atoms with E-state index in [0.29, 0.717) is 13.0 Å². The Labute approximate surface area is 279 Å². The van der Waals surface area contributed by atoms with Crippen molar-refractivity contribution in [2.24, 2.45) is 0 Å². The number of hydrogen-bond donors (Lipinski definition) is 0. The van der Waals surface area contributed by atoms with E-state index < -0.39 is 0 Å². The summed E-state index contributed by atoms with van der Waals surface area (Å²) in [5, 5.41) is 0. The van der Waals surface area contributed by atoms with Crippen LogP contribution in [0.25, 0.3) is 0 Å². The highest BCUT2D eigenvalue weighted by atomic mass is 16.5. The van der Waals surface area contributed by atoms with E-state index in [1.54, 1.807) is 0 Å². The molecule has 0 saturated carbocycles. The normalized spacial score (nSPS) is 11.4. The van der Waals surface area contributed by atoms with Gasteiger partial charge in [0.2, 0.25) is 0 Å². The molecule has 44 heavy (non-hydrogen) atoms. The van der Waals surface area contributed by atoms with Crippen LogP contribution in [0.2, 0.25) is 0 Å². The van der Waals surface area contributed by atoms with Crippen LogP contribution < -0.4 is 0 Å². The summed E-state index contributed by atoms with van der Waals surface area (Å²) >= 11 is 0. The first-order valence-corrected chi connectivity index (χ1v) is 21.0. The summed E-state index contributed by atoms with van der Waals surface area (Å²) in [7, 11) is 0. The van der Waals surface area contributed by atoms with Crippen molar-refractivity contribution >= 4 is 5.97 Å². The Morgan fingerprint density at radius 1 is 0.295 bits per heavy atom. The number of hydrogen-bond acceptors (Lipinski definition) is 2. The molecular formula is C42H84O2. The van der Waals surface area contributed by atoms with Gasteiger partial charge in [-0.3, -0.25) is 4.79 Å². The second-order valence-electron chi connectivity index (χ2n) is 14.3. The fourth-order valence-corrected chi connectivity index (χ4v) is 6.61. The molecule has 0 bridgehead atoms. The largest absolute Gasteiger partial charge is 0.466 e. The molecule has 0 aliphatic carbocycles. The van der Waals surface area contributed by atoms with Crippen LogP contribution in [0.5, 0.6) is 0 Å². The maximum atomic E-state index is 12.0. The van der Waals surface area contributed by atoms with Gasteiger partial charge in [0.15, 0.2) is 0 Å². The number of esters is 1. The first kappa shape index (κ1) is 43.5. The fraction of sp³-hybridized carbons (Fsp3) is 0.976. The van der Waals surface area contributed by atoms with Gasteiger partial charge in [-0.15, -0.1) is 0 Å². The molecule has 0 aromatic rings. The summed E-state index contributed by atoms with van der Waals surface area (Å²) in [4.78, 5) is 12.0. The summed E-state index contributed by atoms with van der Waals surface area (Å²) in [6, 6.07) is 0. The Hall–Kier alpha value is -0.530. The monoisotopic (exact) mass is 621 g/mol. The lowest BCUT2D eigenvalue weighted by Crippen LogP contribution is -2.05. The minimum Gasteiger partial charge on any atom is -0.466 e. The third kappa shape index (κ3) is 39.5. The van der Waals surface area contributed by atoms with Gasteiger partial charge in [-0.25, -0.2) is 0 Å².